The van der Waals surface area contributed by atoms with Crippen LogP contribution in [0.2, 0.25) is 0 Å². The summed E-state index contributed by atoms with van der Waals surface area (Å²) in [6.07, 6.45) is 2.50. The number of hydrogen-bond donors (Lipinski definition) is 3. The van der Waals surface area contributed by atoms with E-state index in [0.29, 0.717) is 11.7 Å². The lowest BCUT2D eigenvalue weighted by Crippen LogP contribution is -2.50. The highest BCUT2D eigenvalue weighted by molar-refractivity contribution is 7.80. The molecule has 1 heterocycles. The number of benzene rings is 1. The fraction of sp³-hybridized carbons (Fsp3) is 0.500. The number of hydrazine groups is 1. The van der Waals surface area contributed by atoms with Gasteiger partial charge in [0, 0.05) is 25.7 Å². The smallest absolute Gasteiger partial charge is 0.243 e. The molecule has 1 aromatic carbocycles. The Morgan fingerprint density at radius 1 is 1.32 bits per heavy atom. The molecule has 1 fully saturated rings. The number of carbonyl (C=O) groups excluding carboxylic acids is 2. The van der Waals surface area contributed by atoms with E-state index >= 15 is 0 Å². The van der Waals surface area contributed by atoms with Crippen LogP contribution in [-0.4, -0.2) is 34.9 Å². The van der Waals surface area contributed by atoms with E-state index in [1.807, 2.05) is 19.1 Å². The van der Waals surface area contributed by atoms with Gasteiger partial charge in [-0.25, -0.2) is 0 Å². The van der Waals surface area contributed by atoms with E-state index in [9.17, 15) is 9.59 Å². The molecule has 0 bridgehead atoms. The average Bonchev–Trinajstić information content (AvgIpc) is 2.61. The minimum Gasteiger partial charge on any atom is -0.342 e. The van der Waals surface area contributed by atoms with Gasteiger partial charge in [0.2, 0.25) is 11.8 Å². The molecular weight excluding hydrogens is 336 g/mol. The van der Waals surface area contributed by atoms with Gasteiger partial charge in [-0.15, -0.1) is 0 Å². The third kappa shape index (κ3) is 5.16. The SMILES string of the molecule is CCc1cccc(C)c1NC(=S)NNC(=O)[C@H]1CCCN(C(C)=O)C1. The molecule has 0 aliphatic carbocycles. The molecule has 6 nitrogen and oxygen atoms in total. The highest BCUT2D eigenvalue weighted by Gasteiger charge is 2.27. The monoisotopic (exact) mass is 362 g/mol. The third-order valence-electron chi connectivity index (χ3n) is 4.52. The first-order chi connectivity index (χ1) is 11.9. The number of likely N-dealkylation sites (tertiary alicyclic amines) is 1. The first-order valence-electron chi connectivity index (χ1n) is 8.63. The molecule has 25 heavy (non-hydrogen) atoms. The van der Waals surface area contributed by atoms with Gasteiger partial charge in [0.25, 0.3) is 0 Å². The van der Waals surface area contributed by atoms with Gasteiger partial charge in [-0.05, 0) is 49.5 Å². The summed E-state index contributed by atoms with van der Waals surface area (Å²) in [7, 11) is 0. The summed E-state index contributed by atoms with van der Waals surface area (Å²) in [6.45, 7) is 6.81. The number of amides is 2. The summed E-state index contributed by atoms with van der Waals surface area (Å²) in [5, 5.41) is 3.50. The van der Waals surface area contributed by atoms with Crippen molar-refractivity contribution in [1.82, 2.24) is 15.8 Å². The van der Waals surface area contributed by atoms with Crippen LogP contribution in [0.15, 0.2) is 18.2 Å². The zero-order chi connectivity index (χ0) is 18.4. The highest BCUT2D eigenvalue weighted by Crippen LogP contribution is 2.21. The van der Waals surface area contributed by atoms with E-state index in [2.05, 4.69) is 29.2 Å². The summed E-state index contributed by atoms with van der Waals surface area (Å²) >= 11 is 5.29. The van der Waals surface area contributed by atoms with E-state index in [1.54, 1.807) is 4.90 Å². The van der Waals surface area contributed by atoms with Crippen molar-refractivity contribution < 1.29 is 9.59 Å². The van der Waals surface area contributed by atoms with Crippen LogP contribution in [0, 0.1) is 12.8 Å². The van der Waals surface area contributed by atoms with Gasteiger partial charge in [-0.3, -0.25) is 20.4 Å². The lowest BCUT2D eigenvalue weighted by atomic mass is 9.97. The number of nitrogens with one attached hydrogen (secondary N) is 3. The zero-order valence-corrected chi connectivity index (χ0v) is 15.8. The molecule has 7 heteroatoms. The minimum atomic E-state index is -0.211. The van der Waals surface area contributed by atoms with Crippen molar-refractivity contribution in [2.75, 3.05) is 18.4 Å². The van der Waals surface area contributed by atoms with Gasteiger partial charge in [0.1, 0.15) is 0 Å². The standard InChI is InChI=1S/C18H26N4O2S/c1-4-14-8-5-7-12(2)16(14)19-18(25)21-20-17(24)15-9-6-10-22(11-15)13(3)23/h5,7-8,15H,4,6,9-11H2,1-3H3,(H,20,24)(H2,19,21,25)/t15-/m0/s1. The Kier molecular flexibility index (Phi) is 6.75. The van der Waals surface area contributed by atoms with E-state index in [-0.39, 0.29) is 17.7 Å². The molecule has 0 radical (unpaired) electrons. The predicted octanol–water partition coefficient (Wildman–Crippen LogP) is 2.13. The highest BCUT2D eigenvalue weighted by atomic mass is 32.1. The van der Waals surface area contributed by atoms with Crippen molar-refractivity contribution in [3.63, 3.8) is 0 Å². The van der Waals surface area contributed by atoms with Gasteiger partial charge in [-0.2, -0.15) is 0 Å². The van der Waals surface area contributed by atoms with Crippen LogP contribution in [0.25, 0.3) is 0 Å². The number of para-hydroxylation sites is 1. The third-order valence-corrected chi connectivity index (χ3v) is 4.72. The number of anilines is 1. The molecule has 136 valence electrons. The van der Waals surface area contributed by atoms with E-state index in [1.165, 1.54) is 12.5 Å². The maximum Gasteiger partial charge on any atom is 0.243 e. The summed E-state index contributed by atoms with van der Waals surface area (Å²) < 4.78 is 0. The van der Waals surface area contributed by atoms with Crippen molar-refractivity contribution in [3.8, 4) is 0 Å². The van der Waals surface area contributed by atoms with Crippen LogP contribution < -0.4 is 16.2 Å². The number of rotatable bonds is 3. The maximum atomic E-state index is 12.3. The second-order valence-corrected chi connectivity index (χ2v) is 6.74. The topological polar surface area (TPSA) is 73.5 Å². The van der Waals surface area contributed by atoms with Crippen LogP contribution in [0.4, 0.5) is 5.69 Å². The molecule has 0 unspecified atom stereocenters. The Balaban J connectivity index is 1.88. The Morgan fingerprint density at radius 2 is 2.08 bits per heavy atom. The summed E-state index contributed by atoms with van der Waals surface area (Å²) in [4.78, 5) is 25.5. The van der Waals surface area contributed by atoms with Gasteiger partial charge in [0.15, 0.2) is 5.11 Å². The molecule has 3 N–H and O–H groups in total. The molecule has 2 amide bonds. The summed E-state index contributed by atoms with van der Waals surface area (Å²) in [5.74, 6) is -0.345. The first-order valence-corrected chi connectivity index (χ1v) is 9.04. The molecule has 1 atom stereocenters. The van der Waals surface area contributed by atoms with Crippen molar-refractivity contribution in [2.24, 2.45) is 5.92 Å². The van der Waals surface area contributed by atoms with Crippen LogP contribution >= 0.6 is 12.2 Å². The fourth-order valence-electron chi connectivity index (χ4n) is 3.04. The zero-order valence-electron chi connectivity index (χ0n) is 15.0. The lowest BCUT2D eigenvalue weighted by Gasteiger charge is -2.31. The Bertz CT molecular complexity index is 662. The quantitative estimate of drug-likeness (QED) is 0.567. The molecule has 1 aromatic rings. The minimum absolute atomic E-state index is 0.00861. The number of aryl methyl sites for hydroxylation is 2. The molecular formula is C18H26N4O2S. The van der Waals surface area contributed by atoms with Gasteiger partial charge in [-0.1, -0.05) is 25.1 Å². The van der Waals surface area contributed by atoms with Gasteiger partial charge in [0.05, 0.1) is 5.92 Å². The molecule has 1 saturated heterocycles. The number of nitrogens with zero attached hydrogens (tertiary/aromatic N) is 1. The van der Waals surface area contributed by atoms with Crippen LogP contribution in [0.3, 0.4) is 0 Å². The van der Waals surface area contributed by atoms with Crippen molar-refractivity contribution >= 4 is 34.8 Å². The van der Waals surface area contributed by atoms with Gasteiger partial charge < -0.3 is 10.2 Å². The summed E-state index contributed by atoms with van der Waals surface area (Å²) in [6, 6.07) is 6.08. The van der Waals surface area contributed by atoms with Crippen molar-refractivity contribution in [2.45, 2.75) is 40.0 Å². The van der Waals surface area contributed by atoms with Crippen LogP contribution in [0.5, 0.6) is 0 Å². The lowest BCUT2D eigenvalue weighted by molar-refractivity contribution is -0.134. The Morgan fingerprint density at radius 3 is 2.76 bits per heavy atom. The largest absolute Gasteiger partial charge is 0.342 e. The molecule has 1 aliphatic rings. The fourth-order valence-corrected chi connectivity index (χ4v) is 3.20. The molecule has 0 spiro atoms. The molecule has 0 aromatic heterocycles. The second kappa shape index (κ2) is 8.80. The molecule has 0 saturated carbocycles. The predicted molar refractivity (Wildman–Crippen MR) is 103 cm³/mol. The van der Waals surface area contributed by atoms with Gasteiger partial charge >= 0.3 is 0 Å². The number of piperidine rings is 1. The Labute approximate surface area is 154 Å². The van der Waals surface area contributed by atoms with Crippen LogP contribution in [0.1, 0.15) is 37.8 Å². The number of thiocarbonyl (C=S) groups is 1. The summed E-state index contributed by atoms with van der Waals surface area (Å²) in [5.41, 5.74) is 8.66. The Hall–Kier alpha value is -2.15. The second-order valence-electron chi connectivity index (χ2n) is 6.34. The van der Waals surface area contributed by atoms with E-state index < -0.39 is 0 Å². The van der Waals surface area contributed by atoms with E-state index in [4.69, 9.17) is 12.2 Å². The molecule has 1 aliphatic heterocycles. The molecule has 2 rings (SSSR count). The normalized spacial score (nSPS) is 16.9. The maximum absolute atomic E-state index is 12.3. The average molecular weight is 362 g/mol. The number of carbonyl (C=O) groups is 2. The van der Waals surface area contributed by atoms with Crippen LogP contribution in [-0.2, 0) is 16.0 Å². The van der Waals surface area contributed by atoms with Crippen molar-refractivity contribution in [3.05, 3.63) is 29.3 Å². The first kappa shape index (κ1) is 19.2. The number of hydrogen-bond acceptors (Lipinski definition) is 3. The van der Waals surface area contributed by atoms with Crippen molar-refractivity contribution in [1.29, 1.82) is 0 Å². The van der Waals surface area contributed by atoms with E-state index in [0.717, 1.165) is 37.1 Å².